The third-order valence-corrected chi connectivity index (χ3v) is 2.83. The quantitative estimate of drug-likeness (QED) is 0.636. The fraction of sp³-hybridized carbons (Fsp3) is 0.818. The molecule has 0 bridgehead atoms. The first-order valence-corrected chi connectivity index (χ1v) is 5.33. The molecule has 5 heteroatoms. The Morgan fingerprint density at radius 1 is 0.875 bits per heavy atom. The highest BCUT2D eigenvalue weighted by Gasteiger charge is 2.41. The summed E-state index contributed by atoms with van der Waals surface area (Å²) in [6.45, 7) is 7.31. The second-order valence-corrected chi connectivity index (χ2v) is 4.71. The van der Waals surface area contributed by atoms with E-state index in [-0.39, 0.29) is 17.8 Å². The van der Waals surface area contributed by atoms with Gasteiger partial charge in [0.25, 0.3) is 0 Å². The standard InChI is InChI=1S/C11H20O5/c1-5(2)7(6(3)4)8(10(13)14)9(12)11(15)16/h5-9,12H,1-4H3,(H,13,14)(H,15,16)/t8-,9+/m1/s1. The molecule has 0 saturated heterocycles. The van der Waals surface area contributed by atoms with Crippen LogP contribution in [0.2, 0.25) is 0 Å². The van der Waals surface area contributed by atoms with E-state index >= 15 is 0 Å². The number of hydrogen-bond acceptors (Lipinski definition) is 3. The Kier molecular flexibility index (Phi) is 5.44. The lowest BCUT2D eigenvalue weighted by Gasteiger charge is -2.32. The molecule has 0 aliphatic rings. The van der Waals surface area contributed by atoms with Crippen molar-refractivity contribution >= 4 is 11.9 Å². The maximum atomic E-state index is 11.1. The average Bonchev–Trinajstić information content (AvgIpc) is 2.10. The molecule has 0 heterocycles. The van der Waals surface area contributed by atoms with Gasteiger partial charge in [-0.05, 0) is 17.8 Å². The smallest absolute Gasteiger partial charge is 0.333 e. The molecule has 0 aliphatic carbocycles. The zero-order chi connectivity index (χ0) is 13.0. The van der Waals surface area contributed by atoms with Gasteiger partial charge in [-0.25, -0.2) is 4.79 Å². The Morgan fingerprint density at radius 3 is 1.44 bits per heavy atom. The summed E-state index contributed by atoms with van der Waals surface area (Å²) in [5, 5.41) is 27.2. The van der Waals surface area contributed by atoms with Crippen molar-refractivity contribution in [1.82, 2.24) is 0 Å². The molecule has 0 saturated carbocycles. The van der Waals surface area contributed by atoms with Crippen molar-refractivity contribution in [2.24, 2.45) is 23.7 Å². The van der Waals surface area contributed by atoms with Gasteiger partial charge in [-0.3, -0.25) is 4.79 Å². The number of carbonyl (C=O) groups is 2. The van der Waals surface area contributed by atoms with E-state index in [1.165, 1.54) is 0 Å². The van der Waals surface area contributed by atoms with Gasteiger partial charge >= 0.3 is 11.9 Å². The van der Waals surface area contributed by atoms with Crippen LogP contribution < -0.4 is 0 Å². The van der Waals surface area contributed by atoms with Gasteiger partial charge < -0.3 is 15.3 Å². The zero-order valence-corrected chi connectivity index (χ0v) is 10.0. The van der Waals surface area contributed by atoms with E-state index in [1.54, 1.807) is 0 Å². The second kappa shape index (κ2) is 5.84. The Balaban J connectivity index is 5.15. The van der Waals surface area contributed by atoms with E-state index in [0.717, 1.165) is 0 Å². The van der Waals surface area contributed by atoms with Gasteiger partial charge in [0.15, 0.2) is 6.10 Å². The highest BCUT2D eigenvalue weighted by Crippen LogP contribution is 2.31. The first-order chi connectivity index (χ1) is 7.20. The monoisotopic (exact) mass is 232 g/mol. The number of aliphatic hydroxyl groups excluding tert-OH is 1. The van der Waals surface area contributed by atoms with Gasteiger partial charge in [0.2, 0.25) is 0 Å². The normalized spacial score (nSPS) is 15.5. The third-order valence-electron chi connectivity index (χ3n) is 2.83. The van der Waals surface area contributed by atoms with Crippen LogP contribution in [-0.2, 0) is 9.59 Å². The van der Waals surface area contributed by atoms with Crippen molar-refractivity contribution in [2.45, 2.75) is 33.8 Å². The minimum absolute atomic E-state index is 0.00454. The molecule has 0 aromatic rings. The molecule has 5 nitrogen and oxygen atoms in total. The van der Waals surface area contributed by atoms with E-state index in [2.05, 4.69) is 0 Å². The topological polar surface area (TPSA) is 94.8 Å². The molecule has 0 aliphatic heterocycles. The van der Waals surface area contributed by atoms with Crippen LogP contribution in [0.5, 0.6) is 0 Å². The first-order valence-electron chi connectivity index (χ1n) is 5.33. The first kappa shape index (κ1) is 14.9. The Hall–Kier alpha value is -1.10. The predicted octanol–water partition coefficient (Wildman–Crippen LogP) is 1.06. The van der Waals surface area contributed by atoms with Crippen LogP contribution >= 0.6 is 0 Å². The SMILES string of the molecule is CC(C)C(C(C)C)[C@@H](C(=O)O)[C@H](O)C(=O)O. The van der Waals surface area contributed by atoms with Gasteiger partial charge in [-0.1, -0.05) is 27.7 Å². The fourth-order valence-electron chi connectivity index (χ4n) is 2.26. The van der Waals surface area contributed by atoms with Crippen LogP contribution in [0.15, 0.2) is 0 Å². The molecule has 0 unspecified atom stereocenters. The lowest BCUT2D eigenvalue weighted by atomic mass is 9.73. The highest BCUT2D eigenvalue weighted by atomic mass is 16.4. The number of aliphatic hydroxyl groups is 1. The molecule has 0 spiro atoms. The summed E-state index contributed by atoms with van der Waals surface area (Å²) in [4.78, 5) is 21.8. The maximum Gasteiger partial charge on any atom is 0.333 e. The van der Waals surface area contributed by atoms with E-state index in [1.807, 2.05) is 27.7 Å². The second-order valence-electron chi connectivity index (χ2n) is 4.71. The molecule has 0 rings (SSSR count). The molecule has 0 radical (unpaired) electrons. The van der Waals surface area contributed by atoms with Crippen LogP contribution in [0.3, 0.4) is 0 Å². The van der Waals surface area contributed by atoms with Gasteiger partial charge in [-0.2, -0.15) is 0 Å². The summed E-state index contributed by atoms with van der Waals surface area (Å²) >= 11 is 0. The van der Waals surface area contributed by atoms with Crippen molar-refractivity contribution in [3.8, 4) is 0 Å². The van der Waals surface area contributed by atoms with Gasteiger partial charge in [-0.15, -0.1) is 0 Å². The van der Waals surface area contributed by atoms with Gasteiger partial charge in [0.1, 0.15) is 0 Å². The fourth-order valence-corrected chi connectivity index (χ4v) is 2.26. The van der Waals surface area contributed by atoms with Gasteiger partial charge in [0, 0.05) is 0 Å². The molecule has 0 fully saturated rings. The Labute approximate surface area is 95.1 Å². The number of aliphatic carboxylic acids is 2. The number of carboxylic acids is 2. The van der Waals surface area contributed by atoms with Crippen LogP contribution in [0, 0.1) is 23.7 Å². The number of rotatable bonds is 6. The lowest BCUT2D eigenvalue weighted by molar-refractivity contribution is -0.164. The van der Waals surface area contributed by atoms with E-state index in [0.29, 0.717) is 0 Å². The van der Waals surface area contributed by atoms with Crippen molar-refractivity contribution in [1.29, 1.82) is 0 Å². The number of hydrogen-bond donors (Lipinski definition) is 3. The lowest BCUT2D eigenvalue weighted by Crippen LogP contribution is -2.43. The largest absolute Gasteiger partial charge is 0.481 e. The Morgan fingerprint density at radius 2 is 1.25 bits per heavy atom. The predicted molar refractivity (Wildman–Crippen MR) is 57.9 cm³/mol. The molecular formula is C11H20O5. The van der Waals surface area contributed by atoms with Crippen molar-refractivity contribution in [2.75, 3.05) is 0 Å². The molecule has 94 valence electrons. The summed E-state index contributed by atoms with van der Waals surface area (Å²) in [7, 11) is 0. The molecule has 0 amide bonds. The van der Waals surface area contributed by atoms with Crippen molar-refractivity contribution in [3.05, 3.63) is 0 Å². The number of carboxylic acid groups (broad SMARTS) is 2. The van der Waals surface area contributed by atoms with Crippen LogP contribution in [0.1, 0.15) is 27.7 Å². The molecular weight excluding hydrogens is 212 g/mol. The van der Waals surface area contributed by atoms with Crippen LogP contribution in [0.25, 0.3) is 0 Å². The molecule has 2 atom stereocenters. The Bertz CT molecular complexity index is 251. The van der Waals surface area contributed by atoms with Crippen LogP contribution in [-0.4, -0.2) is 33.4 Å². The summed E-state index contributed by atoms with van der Waals surface area (Å²) < 4.78 is 0. The summed E-state index contributed by atoms with van der Waals surface area (Å²) in [6.07, 6.45) is -1.85. The van der Waals surface area contributed by atoms with E-state index in [4.69, 9.17) is 10.2 Å². The summed E-state index contributed by atoms with van der Waals surface area (Å²) in [6, 6.07) is 0. The average molecular weight is 232 g/mol. The zero-order valence-electron chi connectivity index (χ0n) is 10.0. The molecule has 3 N–H and O–H groups in total. The highest BCUT2D eigenvalue weighted by molar-refractivity contribution is 5.81. The summed E-state index contributed by atoms with van der Waals surface area (Å²) in [5.74, 6) is -4.40. The molecule has 0 aromatic carbocycles. The van der Waals surface area contributed by atoms with E-state index in [9.17, 15) is 14.7 Å². The molecule has 0 aromatic heterocycles. The van der Waals surface area contributed by atoms with Crippen molar-refractivity contribution < 1.29 is 24.9 Å². The summed E-state index contributed by atoms with van der Waals surface area (Å²) in [5.41, 5.74) is 0. The minimum atomic E-state index is -1.85. The van der Waals surface area contributed by atoms with Crippen molar-refractivity contribution in [3.63, 3.8) is 0 Å². The van der Waals surface area contributed by atoms with E-state index < -0.39 is 24.0 Å². The molecule has 16 heavy (non-hydrogen) atoms. The van der Waals surface area contributed by atoms with Gasteiger partial charge in [0.05, 0.1) is 5.92 Å². The van der Waals surface area contributed by atoms with Crippen LogP contribution in [0.4, 0.5) is 0 Å². The third kappa shape index (κ3) is 3.48. The maximum absolute atomic E-state index is 11.1. The minimum Gasteiger partial charge on any atom is -0.481 e.